The molecule has 6 heteroatoms. The van der Waals surface area contributed by atoms with Crippen molar-refractivity contribution in [3.8, 4) is 0 Å². The van der Waals surface area contributed by atoms with Crippen molar-refractivity contribution in [2.24, 2.45) is 11.1 Å². The van der Waals surface area contributed by atoms with Crippen LogP contribution in [0.5, 0.6) is 0 Å². The molecule has 1 amide bonds. The number of amides is 1. The predicted octanol–water partition coefficient (Wildman–Crippen LogP) is 2.85. The monoisotopic (exact) mass is 342 g/mol. The summed E-state index contributed by atoms with van der Waals surface area (Å²) in [4.78, 5) is 22.4. The molecule has 4 N–H and O–H groups in total. The number of anilines is 1. The van der Waals surface area contributed by atoms with E-state index in [1.54, 1.807) is 18.2 Å². The van der Waals surface area contributed by atoms with Crippen LogP contribution in [0.1, 0.15) is 37.6 Å². The number of nitrogens with two attached hydrogens (primary N) is 1. The molecule has 0 radical (unpaired) electrons. The molecule has 1 unspecified atom stereocenters. The minimum atomic E-state index is -0.895. The number of benzene rings is 1. The second kappa shape index (κ2) is 6.26. The number of carbonyl (C=O) groups excluding carboxylic acids is 1. The first kappa shape index (κ1) is 16.5. The summed E-state index contributed by atoms with van der Waals surface area (Å²) in [7, 11) is 0. The third-order valence-corrected chi connectivity index (χ3v) is 3.49. The van der Waals surface area contributed by atoms with Gasteiger partial charge in [0, 0.05) is 16.2 Å². The number of carbonyl (C=O) groups is 2. The average molecular weight is 343 g/mol. The van der Waals surface area contributed by atoms with E-state index in [0.29, 0.717) is 11.3 Å². The van der Waals surface area contributed by atoms with Crippen LogP contribution in [-0.4, -0.2) is 23.0 Å². The summed E-state index contributed by atoms with van der Waals surface area (Å²) in [6.07, 6.45) is -0.0474. The number of carboxylic acid groups (broad SMARTS) is 1. The summed E-state index contributed by atoms with van der Waals surface area (Å²) >= 11 is 3.33. The van der Waals surface area contributed by atoms with E-state index in [1.165, 1.54) is 0 Å². The number of nitrogens with one attached hydrogen (secondary N) is 1. The van der Waals surface area contributed by atoms with E-state index in [0.717, 1.165) is 4.47 Å². The number of halogens is 1. The van der Waals surface area contributed by atoms with Crippen molar-refractivity contribution in [2.75, 3.05) is 5.32 Å². The van der Waals surface area contributed by atoms with Crippen LogP contribution in [-0.2, 0) is 4.79 Å². The van der Waals surface area contributed by atoms with Gasteiger partial charge in [-0.1, -0.05) is 36.7 Å². The van der Waals surface area contributed by atoms with Crippen LogP contribution in [0, 0.1) is 5.41 Å². The minimum Gasteiger partial charge on any atom is -0.481 e. The zero-order chi connectivity index (χ0) is 15.5. The molecule has 5 nitrogen and oxygen atoms in total. The largest absolute Gasteiger partial charge is 0.481 e. The van der Waals surface area contributed by atoms with Gasteiger partial charge in [0.1, 0.15) is 0 Å². The van der Waals surface area contributed by atoms with E-state index in [-0.39, 0.29) is 17.9 Å². The quantitative estimate of drug-likeness (QED) is 0.766. The molecule has 1 rings (SSSR count). The Bertz CT molecular complexity index is 524. The van der Waals surface area contributed by atoms with Gasteiger partial charge in [0.2, 0.25) is 0 Å². The molecular formula is C14H19BrN2O3. The Kier molecular flexibility index (Phi) is 5.16. The van der Waals surface area contributed by atoms with Crippen molar-refractivity contribution in [3.05, 3.63) is 28.2 Å². The standard InChI is InChI=1S/C14H19BrN2O3/c1-14(2,3)11(7-12(18)19)17-10-6-8(15)4-5-9(10)13(16)20/h4-6,11,17H,7H2,1-3H3,(H2,16,20)(H,18,19). The molecule has 0 aliphatic carbocycles. The summed E-state index contributed by atoms with van der Waals surface area (Å²) in [6, 6.07) is 4.72. The predicted molar refractivity (Wildman–Crippen MR) is 81.8 cm³/mol. The highest BCUT2D eigenvalue weighted by atomic mass is 79.9. The highest BCUT2D eigenvalue weighted by Gasteiger charge is 2.27. The highest BCUT2D eigenvalue weighted by Crippen LogP contribution is 2.29. The van der Waals surface area contributed by atoms with Gasteiger partial charge >= 0.3 is 5.97 Å². The van der Waals surface area contributed by atoms with Gasteiger partial charge in [0.05, 0.1) is 12.0 Å². The van der Waals surface area contributed by atoms with E-state index in [9.17, 15) is 9.59 Å². The Morgan fingerprint density at radius 1 is 1.40 bits per heavy atom. The van der Waals surface area contributed by atoms with E-state index in [1.807, 2.05) is 20.8 Å². The molecule has 0 spiro atoms. The van der Waals surface area contributed by atoms with Gasteiger partial charge in [-0.15, -0.1) is 0 Å². The number of carboxylic acids is 1. The molecule has 1 atom stereocenters. The third kappa shape index (κ3) is 4.52. The van der Waals surface area contributed by atoms with Crippen molar-refractivity contribution in [3.63, 3.8) is 0 Å². The molecular weight excluding hydrogens is 324 g/mol. The van der Waals surface area contributed by atoms with Crippen molar-refractivity contribution < 1.29 is 14.7 Å². The summed E-state index contributed by atoms with van der Waals surface area (Å²) in [5, 5.41) is 12.1. The first-order valence-corrected chi connectivity index (χ1v) is 6.98. The molecule has 0 bridgehead atoms. The number of primary amides is 1. The summed E-state index contributed by atoms with van der Waals surface area (Å²) in [5.41, 5.74) is 5.93. The molecule has 1 aromatic carbocycles. The molecule has 0 saturated carbocycles. The Labute approximate surface area is 126 Å². The zero-order valence-electron chi connectivity index (χ0n) is 11.7. The highest BCUT2D eigenvalue weighted by molar-refractivity contribution is 9.10. The maximum atomic E-state index is 11.4. The van der Waals surface area contributed by atoms with Crippen LogP contribution >= 0.6 is 15.9 Å². The first-order chi connectivity index (χ1) is 9.11. The fraction of sp³-hybridized carbons (Fsp3) is 0.429. The lowest BCUT2D eigenvalue weighted by atomic mass is 9.84. The molecule has 0 aromatic heterocycles. The molecule has 0 saturated heterocycles. The Balaban J connectivity index is 3.13. The molecule has 1 aromatic rings. The molecule has 110 valence electrons. The maximum absolute atomic E-state index is 11.4. The van der Waals surface area contributed by atoms with Crippen LogP contribution in [0.15, 0.2) is 22.7 Å². The SMILES string of the molecule is CC(C)(C)C(CC(=O)O)Nc1cc(Br)ccc1C(N)=O. The van der Waals surface area contributed by atoms with Crippen LogP contribution in [0.4, 0.5) is 5.69 Å². The van der Waals surface area contributed by atoms with Crippen LogP contribution < -0.4 is 11.1 Å². The fourth-order valence-corrected chi connectivity index (χ4v) is 2.15. The molecule has 0 heterocycles. The average Bonchev–Trinajstić information content (AvgIpc) is 2.25. The Hall–Kier alpha value is -1.56. The van der Waals surface area contributed by atoms with Gasteiger partial charge in [0.15, 0.2) is 0 Å². The normalized spacial score (nSPS) is 12.8. The van der Waals surface area contributed by atoms with E-state index < -0.39 is 11.9 Å². The van der Waals surface area contributed by atoms with Gasteiger partial charge in [0.25, 0.3) is 5.91 Å². The van der Waals surface area contributed by atoms with Gasteiger partial charge < -0.3 is 16.2 Å². The number of hydrogen-bond acceptors (Lipinski definition) is 3. The van der Waals surface area contributed by atoms with Gasteiger partial charge in [-0.3, -0.25) is 9.59 Å². The second-order valence-corrected chi connectivity index (χ2v) is 6.63. The minimum absolute atomic E-state index is 0.0474. The van der Waals surface area contributed by atoms with Gasteiger partial charge in [-0.25, -0.2) is 0 Å². The molecule has 20 heavy (non-hydrogen) atoms. The smallest absolute Gasteiger partial charge is 0.305 e. The zero-order valence-corrected chi connectivity index (χ0v) is 13.3. The lowest BCUT2D eigenvalue weighted by Crippen LogP contribution is -2.36. The van der Waals surface area contributed by atoms with Crippen molar-refractivity contribution in [1.29, 1.82) is 0 Å². The third-order valence-electron chi connectivity index (χ3n) is 3.00. The van der Waals surface area contributed by atoms with Crippen LogP contribution in [0.2, 0.25) is 0 Å². The Morgan fingerprint density at radius 2 is 2.00 bits per heavy atom. The van der Waals surface area contributed by atoms with E-state index in [2.05, 4.69) is 21.2 Å². The van der Waals surface area contributed by atoms with Crippen molar-refractivity contribution in [2.45, 2.75) is 33.2 Å². The summed E-state index contributed by atoms with van der Waals surface area (Å²) in [6.45, 7) is 5.82. The fourth-order valence-electron chi connectivity index (χ4n) is 1.79. The molecule has 0 aliphatic heterocycles. The van der Waals surface area contributed by atoms with Gasteiger partial charge in [-0.2, -0.15) is 0 Å². The first-order valence-electron chi connectivity index (χ1n) is 6.19. The van der Waals surface area contributed by atoms with Gasteiger partial charge in [-0.05, 0) is 23.6 Å². The van der Waals surface area contributed by atoms with Crippen LogP contribution in [0.25, 0.3) is 0 Å². The van der Waals surface area contributed by atoms with Crippen molar-refractivity contribution in [1.82, 2.24) is 0 Å². The van der Waals surface area contributed by atoms with E-state index in [4.69, 9.17) is 10.8 Å². The number of rotatable bonds is 5. The number of aliphatic carboxylic acids is 1. The summed E-state index contributed by atoms with van der Waals surface area (Å²) < 4.78 is 0.785. The van der Waals surface area contributed by atoms with Crippen LogP contribution in [0.3, 0.4) is 0 Å². The molecule has 0 fully saturated rings. The van der Waals surface area contributed by atoms with E-state index >= 15 is 0 Å². The topological polar surface area (TPSA) is 92.4 Å². The second-order valence-electron chi connectivity index (χ2n) is 5.71. The lowest BCUT2D eigenvalue weighted by molar-refractivity contribution is -0.137. The Morgan fingerprint density at radius 3 is 2.45 bits per heavy atom. The molecule has 0 aliphatic rings. The summed E-state index contributed by atoms with van der Waals surface area (Å²) in [5.74, 6) is -1.45. The van der Waals surface area contributed by atoms with Crippen molar-refractivity contribution >= 4 is 33.5 Å². The maximum Gasteiger partial charge on any atom is 0.305 e. The number of hydrogen-bond donors (Lipinski definition) is 3. The lowest BCUT2D eigenvalue weighted by Gasteiger charge is -2.31.